The van der Waals surface area contributed by atoms with Crippen molar-refractivity contribution in [2.45, 2.75) is 31.5 Å². The van der Waals surface area contributed by atoms with E-state index in [0.29, 0.717) is 12.3 Å². The van der Waals surface area contributed by atoms with Gasteiger partial charge in [-0.3, -0.25) is 9.78 Å². The first kappa shape index (κ1) is 12.0. The Labute approximate surface area is 100 Å². The van der Waals surface area contributed by atoms with Crippen molar-refractivity contribution in [3.05, 3.63) is 30.1 Å². The quantitative estimate of drug-likeness (QED) is 0.787. The summed E-state index contributed by atoms with van der Waals surface area (Å²) in [6, 6.07) is 5.09. The minimum Gasteiger partial charge on any atom is -0.376 e. The highest BCUT2D eigenvalue weighted by Crippen LogP contribution is 2.22. The van der Waals surface area contributed by atoms with Crippen molar-refractivity contribution in [3.63, 3.8) is 0 Å². The average molecular weight is 235 g/mol. The van der Waals surface area contributed by atoms with Gasteiger partial charge in [0, 0.05) is 18.8 Å². The van der Waals surface area contributed by atoms with E-state index in [1.807, 2.05) is 6.92 Å². The number of pyridine rings is 1. The zero-order chi connectivity index (χ0) is 12.3. The van der Waals surface area contributed by atoms with Crippen molar-refractivity contribution in [1.82, 2.24) is 10.3 Å². The molecule has 3 unspecified atom stereocenters. The van der Waals surface area contributed by atoms with Crippen molar-refractivity contribution in [2.24, 2.45) is 5.73 Å². The van der Waals surface area contributed by atoms with Crippen LogP contribution in [0.3, 0.4) is 0 Å². The molecule has 0 aliphatic heterocycles. The van der Waals surface area contributed by atoms with Crippen LogP contribution in [0.1, 0.15) is 23.8 Å². The molecule has 92 valence electrons. The van der Waals surface area contributed by atoms with E-state index >= 15 is 0 Å². The van der Waals surface area contributed by atoms with Gasteiger partial charge in [0.25, 0.3) is 5.91 Å². The van der Waals surface area contributed by atoms with Crippen LogP contribution in [0.2, 0.25) is 0 Å². The Morgan fingerprint density at radius 3 is 3.06 bits per heavy atom. The van der Waals surface area contributed by atoms with Gasteiger partial charge in [0.2, 0.25) is 0 Å². The second-order valence-corrected chi connectivity index (χ2v) is 4.11. The fourth-order valence-corrected chi connectivity index (χ4v) is 1.95. The molecule has 3 atom stereocenters. The molecule has 1 aromatic heterocycles. The molecule has 0 aromatic carbocycles. The SMILES string of the molecule is CCOC1CC(N)C1NC(=O)c1ccccn1. The molecule has 1 amide bonds. The zero-order valence-electron chi connectivity index (χ0n) is 9.80. The van der Waals surface area contributed by atoms with Crippen LogP contribution in [0.15, 0.2) is 24.4 Å². The van der Waals surface area contributed by atoms with Crippen molar-refractivity contribution < 1.29 is 9.53 Å². The van der Waals surface area contributed by atoms with Crippen molar-refractivity contribution >= 4 is 5.91 Å². The van der Waals surface area contributed by atoms with E-state index in [1.165, 1.54) is 0 Å². The molecular weight excluding hydrogens is 218 g/mol. The number of hydrogen-bond donors (Lipinski definition) is 2. The first-order valence-electron chi connectivity index (χ1n) is 5.81. The van der Waals surface area contributed by atoms with Gasteiger partial charge in [-0.1, -0.05) is 6.07 Å². The summed E-state index contributed by atoms with van der Waals surface area (Å²) in [6.45, 7) is 2.56. The molecule has 1 heterocycles. The Morgan fingerprint density at radius 2 is 2.47 bits per heavy atom. The van der Waals surface area contributed by atoms with Crippen LogP contribution in [0.5, 0.6) is 0 Å². The number of hydrogen-bond acceptors (Lipinski definition) is 4. The molecule has 1 fully saturated rings. The summed E-state index contributed by atoms with van der Waals surface area (Å²) in [5.74, 6) is -0.199. The number of carbonyl (C=O) groups is 1. The van der Waals surface area contributed by atoms with E-state index in [4.69, 9.17) is 10.5 Å². The predicted octanol–water partition coefficient (Wildman–Crippen LogP) is 0.316. The Bertz CT molecular complexity index is 381. The molecule has 0 spiro atoms. The molecule has 0 saturated heterocycles. The number of nitrogens with two attached hydrogens (primary N) is 1. The normalized spacial score (nSPS) is 27.3. The molecule has 3 N–H and O–H groups in total. The minimum atomic E-state index is -0.199. The molecule has 0 bridgehead atoms. The second-order valence-electron chi connectivity index (χ2n) is 4.11. The number of aromatic nitrogens is 1. The second kappa shape index (κ2) is 5.25. The smallest absolute Gasteiger partial charge is 0.270 e. The van der Waals surface area contributed by atoms with Crippen LogP contribution < -0.4 is 11.1 Å². The lowest BCUT2D eigenvalue weighted by atomic mass is 9.83. The summed E-state index contributed by atoms with van der Waals surface area (Å²) < 4.78 is 5.48. The third-order valence-corrected chi connectivity index (χ3v) is 2.94. The topological polar surface area (TPSA) is 77.2 Å². The van der Waals surface area contributed by atoms with Crippen LogP contribution in [0, 0.1) is 0 Å². The number of ether oxygens (including phenoxy) is 1. The van der Waals surface area contributed by atoms with Gasteiger partial charge >= 0.3 is 0 Å². The van der Waals surface area contributed by atoms with Crippen LogP contribution in [-0.2, 0) is 4.74 Å². The highest BCUT2D eigenvalue weighted by Gasteiger charge is 2.40. The van der Waals surface area contributed by atoms with Gasteiger partial charge < -0.3 is 15.8 Å². The first-order valence-corrected chi connectivity index (χ1v) is 5.81. The van der Waals surface area contributed by atoms with Crippen molar-refractivity contribution in [1.29, 1.82) is 0 Å². The molecule has 1 aliphatic carbocycles. The fraction of sp³-hybridized carbons (Fsp3) is 0.500. The highest BCUT2D eigenvalue weighted by atomic mass is 16.5. The Balaban J connectivity index is 1.94. The number of nitrogens with one attached hydrogen (secondary N) is 1. The molecule has 1 aromatic rings. The molecule has 2 rings (SSSR count). The summed E-state index contributed by atoms with van der Waals surface area (Å²) in [5, 5.41) is 2.87. The fourth-order valence-electron chi connectivity index (χ4n) is 1.95. The molecule has 0 radical (unpaired) electrons. The van der Waals surface area contributed by atoms with Crippen molar-refractivity contribution in [3.8, 4) is 0 Å². The Morgan fingerprint density at radius 1 is 1.65 bits per heavy atom. The van der Waals surface area contributed by atoms with Crippen LogP contribution in [-0.4, -0.2) is 35.7 Å². The predicted molar refractivity (Wildman–Crippen MR) is 63.5 cm³/mol. The van der Waals surface area contributed by atoms with Gasteiger partial charge in [-0.25, -0.2) is 0 Å². The summed E-state index contributed by atoms with van der Waals surface area (Å²) in [6.07, 6.45) is 2.42. The summed E-state index contributed by atoms with van der Waals surface area (Å²) >= 11 is 0. The molecule has 5 nitrogen and oxygen atoms in total. The van der Waals surface area contributed by atoms with E-state index in [-0.39, 0.29) is 24.1 Å². The largest absolute Gasteiger partial charge is 0.376 e. The molecule has 1 aliphatic rings. The summed E-state index contributed by atoms with van der Waals surface area (Å²) in [7, 11) is 0. The number of rotatable bonds is 4. The third kappa shape index (κ3) is 2.62. The highest BCUT2D eigenvalue weighted by molar-refractivity contribution is 5.92. The maximum absolute atomic E-state index is 11.9. The Hall–Kier alpha value is -1.46. The van der Waals surface area contributed by atoms with E-state index in [0.717, 1.165) is 6.42 Å². The van der Waals surface area contributed by atoms with Crippen molar-refractivity contribution in [2.75, 3.05) is 6.61 Å². The van der Waals surface area contributed by atoms with Crippen LogP contribution in [0.25, 0.3) is 0 Å². The van der Waals surface area contributed by atoms with Gasteiger partial charge in [0.05, 0.1) is 12.1 Å². The lowest BCUT2D eigenvalue weighted by molar-refractivity contribution is -0.0300. The maximum Gasteiger partial charge on any atom is 0.270 e. The monoisotopic (exact) mass is 235 g/mol. The first-order chi connectivity index (χ1) is 8.22. The lowest BCUT2D eigenvalue weighted by Crippen LogP contribution is -2.64. The average Bonchev–Trinajstić information content (AvgIpc) is 2.36. The molecule has 1 saturated carbocycles. The number of nitrogens with zero attached hydrogens (tertiary/aromatic N) is 1. The van der Waals surface area contributed by atoms with E-state index < -0.39 is 0 Å². The zero-order valence-corrected chi connectivity index (χ0v) is 9.80. The molecule has 17 heavy (non-hydrogen) atoms. The van der Waals surface area contributed by atoms with E-state index in [9.17, 15) is 4.79 Å². The lowest BCUT2D eigenvalue weighted by Gasteiger charge is -2.42. The minimum absolute atomic E-state index is 0.0285. The van der Waals surface area contributed by atoms with Gasteiger partial charge in [0.15, 0.2) is 0 Å². The Kier molecular flexibility index (Phi) is 3.71. The van der Waals surface area contributed by atoms with Gasteiger partial charge in [-0.15, -0.1) is 0 Å². The number of amides is 1. The van der Waals surface area contributed by atoms with Crippen LogP contribution in [0.4, 0.5) is 0 Å². The van der Waals surface area contributed by atoms with Crippen LogP contribution >= 0.6 is 0 Å². The third-order valence-electron chi connectivity index (χ3n) is 2.94. The van der Waals surface area contributed by atoms with Gasteiger partial charge in [-0.05, 0) is 25.5 Å². The van der Waals surface area contributed by atoms with E-state index in [2.05, 4.69) is 10.3 Å². The summed E-state index contributed by atoms with van der Waals surface area (Å²) in [4.78, 5) is 15.9. The van der Waals surface area contributed by atoms with E-state index in [1.54, 1.807) is 24.4 Å². The molecule has 5 heteroatoms. The van der Waals surface area contributed by atoms with Gasteiger partial charge in [-0.2, -0.15) is 0 Å². The standard InChI is InChI=1S/C12H17N3O2/c1-2-17-10-7-8(13)11(10)15-12(16)9-5-3-4-6-14-9/h3-6,8,10-11H,2,7,13H2,1H3,(H,15,16). The molecular formula is C12H17N3O2. The number of carbonyl (C=O) groups excluding carboxylic acids is 1. The summed E-state index contributed by atoms with van der Waals surface area (Å²) in [5.41, 5.74) is 6.26. The van der Waals surface area contributed by atoms with Gasteiger partial charge in [0.1, 0.15) is 5.69 Å². The maximum atomic E-state index is 11.9.